The smallest absolute Gasteiger partial charge is 0.246 e. The van der Waals surface area contributed by atoms with Gasteiger partial charge in [-0.25, -0.2) is 0 Å². The van der Waals surface area contributed by atoms with E-state index >= 15 is 0 Å². The minimum atomic E-state index is -0.930. The quantitative estimate of drug-likeness (QED) is 0.0268. The summed E-state index contributed by atoms with van der Waals surface area (Å²) in [6.07, 6.45) is 8.49. The van der Waals surface area contributed by atoms with Crippen molar-refractivity contribution in [3.05, 3.63) is 188 Å². The van der Waals surface area contributed by atoms with Crippen LogP contribution in [0.2, 0.25) is 0 Å². The number of nitrogens with two attached hydrogens (primary N) is 4. The summed E-state index contributed by atoms with van der Waals surface area (Å²) in [6.45, 7) is 34.0. The summed E-state index contributed by atoms with van der Waals surface area (Å²) in [7, 11) is 0. The van der Waals surface area contributed by atoms with Gasteiger partial charge in [0.1, 0.15) is 72.5 Å². The number of carbonyl (C=O) groups is 16. The fraction of sp³-hybridized carbons (Fsp3) is 0.478. The SMILES string of the molecule is C=C(N)NCCC[C@H](NC(=O)[C@H](C)NC(C)=O)C(=O)N[C@@H](C)C(=O)NC(c1ccccc1)c1ccccc1.C=C(N)NCCC[C@H](NC(=O)[C@H](C)NC(C)=O)C(=O)N[C@@H](C)C(=O)NC1CCCCC1.C=C(N)NCCC[C@H](NC(=O)[C@H](C)NC(C)=O)C(=O)N[C@@H](C)C(=O)NCc1ccccc1.C=C(N)NCCC[C@H](NC(=O)[C@H](C)NC(C)=O)C(=O)N[C@@H](C)C(=O)Nc1ccccc1. The molecule has 16 amide bonds. The molecule has 1 aliphatic rings. The molecule has 0 bridgehead atoms. The van der Waals surface area contributed by atoms with E-state index in [9.17, 15) is 76.7 Å². The van der Waals surface area contributed by atoms with Crippen molar-refractivity contribution in [3.63, 3.8) is 0 Å². The zero-order valence-electron chi connectivity index (χ0n) is 78.0. The Hall–Kier alpha value is -14.2. The van der Waals surface area contributed by atoms with Gasteiger partial charge < -0.3 is 129 Å². The van der Waals surface area contributed by atoms with Crippen LogP contribution in [0, 0.1) is 0 Å². The molecule has 5 rings (SSSR count). The molecule has 1 aliphatic carbocycles. The Morgan fingerprint density at radius 1 is 0.295 bits per heavy atom. The third kappa shape index (κ3) is 49.9. The fourth-order valence-electron chi connectivity index (χ4n) is 12.7. The second kappa shape index (κ2) is 62.9. The highest BCUT2D eigenvalue weighted by Gasteiger charge is 2.33. The van der Waals surface area contributed by atoms with E-state index in [4.69, 9.17) is 22.9 Å². The molecule has 1 saturated carbocycles. The number of carbonyl (C=O) groups excluding carboxylic acids is 16. The predicted octanol–water partition coefficient (Wildman–Crippen LogP) is 0.511. The van der Waals surface area contributed by atoms with E-state index < -0.39 is 132 Å². The molecule has 0 unspecified atom stereocenters. The van der Waals surface area contributed by atoms with Crippen LogP contribution in [0.4, 0.5) is 5.69 Å². The van der Waals surface area contributed by atoms with E-state index in [1.807, 2.05) is 97.1 Å². The standard InChI is InChI=1S/C28H38N6O4.C22H34N6O4.C21H38N6O4.C21H32N6O4/c1-18(31-21(4)35)26(36)33-24(16-11-17-30-20(3)29)28(38)32-19(2)27(37)34-25(22-12-7-5-8-13-22)23-14-9-6-10-15-23;1-14(20(30)25-13-18-9-6-5-7-10-18)27-22(32)19(11-8-12-24-16(3)23)28-21(31)15(2)26-17(4)29;2*1-13(24-16(4)28)20(30)27-18(11-8-12-23-15(3)22)21(31)25-14(2)19(29)26-17-9-6-5-7-10-17/h5-10,12-15,18-19,24-25,30H,3,11,16-17,29H2,1-2,4H3,(H,31,35)(H,32,38)(H,33,36)(H,34,37);5-7,9-10,14-15,19,24H,3,8,11-13,23H2,1-2,4H3,(H,25,30)(H,26,29)(H,27,32)(H,28,31);13-14,17-18,23H,3,5-12,22H2,1-2,4H3,(H,24,28)(H,25,31)(H,26,29)(H,27,30);5-7,9-10,13-14,18,23H,3,8,11-12,22H2,1-2,4H3,(H,24,28)(H,25,31)(H,26,29)(H,27,30)/t18-,19-,24-;14-,15-,19-;2*13-,14-,18-/m0000/s1. The molecular weight excluding hydrogens is 1700 g/mol. The van der Waals surface area contributed by atoms with Gasteiger partial charge in [-0.2, -0.15) is 0 Å². The summed E-state index contributed by atoms with van der Waals surface area (Å²) in [4.78, 5) is 196. The molecule has 0 spiro atoms. The maximum Gasteiger partial charge on any atom is 0.246 e. The zero-order valence-corrected chi connectivity index (χ0v) is 78.0. The van der Waals surface area contributed by atoms with Crippen LogP contribution in [0.25, 0.3) is 0 Å². The molecule has 0 aliphatic heterocycles. The molecule has 12 atom stereocenters. The molecule has 0 saturated heterocycles. The maximum atomic E-state index is 13.2. The van der Waals surface area contributed by atoms with Crippen molar-refractivity contribution in [1.29, 1.82) is 0 Å². The summed E-state index contributed by atoms with van der Waals surface area (Å²) in [6, 6.07) is 27.0. The Morgan fingerprint density at radius 2 is 0.553 bits per heavy atom. The van der Waals surface area contributed by atoms with E-state index in [1.165, 1.54) is 61.8 Å². The summed E-state index contributed by atoms with van der Waals surface area (Å²) in [5.41, 5.74) is 25.3. The highest BCUT2D eigenvalue weighted by atomic mass is 16.2. The lowest BCUT2D eigenvalue weighted by atomic mass is 9.95. The van der Waals surface area contributed by atoms with Gasteiger partial charge in [0, 0.05) is 72.1 Å². The molecule has 0 radical (unpaired) electrons. The highest BCUT2D eigenvalue weighted by Crippen LogP contribution is 2.23. The second-order valence-corrected chi connectivity index (χ2v) is 31.9. The molecular formula is C92H142N24O16. The van der Waals surface area contributed by atoms with Crippen LogP contribution < -0.4 is 129 Å². The lowest BCUT2D eigenvalue weighted by Crippen LogP contribution is -2.56. The van der Waals surface area contributed by atoms with Gasteiger partial charge in [-0.1, -0.05) is 155 Å². The van der Waals surface area contributed by atoms with Gasteiger partial charge in [0.2, 0.25) is 94.5 Å². The Labute approximate surface area is 774 Å². The van der Waals surface area contributed by atoms with Crippen LogP contribution in [0.3, 0.4) is 0 Å². The average molecular weight is 1840 g/mol. The topological polar surface area (TPSA) is 618 Å². The van der Waals surface area contributed by atoms with Gasteiger partial charge in [-0.3, -0.25) is 76.7 Å². The minimum absolute atomic E-state index is 0.144. The van der Waals surface area contributed by atoms with E-state index in [1.54, 1.807) is 52.0 Å². The minimum Gasteiger partial charge on any atom is -0.386 e. The Balaban J connectivity index is 0.000000598. The summed E-state index contributed by atoms with van der Waals surface area (Å²) >= 11 is 0. The first kappa shape index (κ1) is 114. The number of nitrogens with one attached hydrogen (secondary N) is 20. The monoisotopic (exact) mass is 1840 g/mol. The molecule has 726 valence electrons. The molecule has 40 heteroatoms. The van der Waals surface area contributed by atoms with E-state index in [2.05, 4.69) is 133 Å². The molecule has 132 heavy (non-hydrogen) atoms. The van der Waals surface area contributed by atoms with Gasteiger partial charge in [0.25, 0.3) is 0 Å². The lowest BCUT2D eigenvalue weighted by molar-refractivity contribution is -0.133. The number of hydrogen-bond acceptors (Lipinski definition) is 24. The van der Waals surface area contributed by atoms with Crippen LogP contribution in [0.1, 0.15) is 189 Å². The van der Waals surface area contributed by atoms with Crippen LogP contribution in [0.5, 0.6) is 0 Å². The van der Waals surface area contributed by atoms with Crippen molar-refractivity contribution >= 4 is 100 Å². The number of amides is 16. The number of hydrogen-bond donors (Lipinski definition) is 24. The first-order valence-electron chi connectivity index (χ1n) is 44.0. The fourth-order valence-corrected chi connectivity index (χ4v) is 12.7. The van der Waals surface area contributed by atoms with Crippen molar-refractivity contribution < 1.29 is 76.7 Å². The molecule has 0 aromatic heterocycles. The molecule has 28 N–H and O–H groups in total. The zero-order chi connectivity index (χ0) is 99.0. The van der Waals surface area contributed by atoms with Gasteiger partial charge in [-0.05, 0) is 148 Å². The van der Waals surface area contributed by atoms with Crippen LogP contribution in [-0.4, -0.2) is 199 Å². The van der Waals surface area contributed by atoms with E-state index in [-0.39, 0.29) is 60.2 Å². The second-order valence-electron chi connectivity index (χ2n) is 31.9. The Kier molecular flexibility index (Phi) is 54.2. The van der Waals surface area contributed by atoms with Crippen LogP contribution >= 0.6 is 0 Å². The third-order valence-corrected chi connectivity index (χ3v) is 19.7. The maximum absolute atomic E-state index is 13.2. The molecule has 1 fully saturated rings. The predicted molar refractivity (Wildman–Crippen MR) is 505 cm³/mol. The van der Waals surface area contributed by atoms with Crippen molar-refractivity contribution in [2.45, 2.75) is 258 Å². The first-order valence-corrected chi connectivity index (χ1v) is 44.0. The normalized spacial score (nSPS) is 13.9. The van der Waals surface area contributed by atoms with Crippen LogP contribution in [-0.2, 0) is 83.3 Å². The number of benzene rings is 4. The van der Waals surface area contributed by atoms with E-state index in [0.29, 0.717) is 100 Å². The lowest BCUT2D eigenvalue weighted by Gasteiger charge is -2.26. The number of para-hydroxylation sites is 1. The van der Waals surface area contributed by atoms with Crippen LogP contribution in [0.15, 0.2) is 171 Å². The van der Waals surface area contributed by atoms with Crippen molar-refractivity contribution in [2.24, 2.45) is 22.9 Å². The van der Waals surface area contributed by atoms with Crippen molar-refractivity contribution in [2.75, 3.05) is 31.5 Å². The van der Waals surface area contributed by atoms with Gasteiger partial charge in [0.15, 0.2) is 0 Å². The summed E-state index contributed by atoms with van der Waals surface area (Å²) < 4.78 is 0. The van der Waals surface area contributed by atoms with E-state index in [0.717, 1.165) is 42.4 Å². The van der Waals surface area contributed by atoms with Gasteiger partial charge >= 0.3 is 0 Å². The summed E-state index contributed by atoms with van der Waals surface area (Å²) in [5, 5.41) is 54.1. The van der Waals surface area contributed by atoms with Gasteiger partial charge in [-0.15, -0.1) is 0 Å². The van der Waals surface area contributed by atoms with Crippen molar-refractivity contribution in [3.8, 4) is 0 Å². The third-order valence-electron chi connectivity index (χ3n) is 19.7. The first-order chi connectivity index (χ1) is 62.4. The molecule has 4 aromatic carbocycles. The van der Waals surface area contributed by atoms with Gasteiger partial charge in [0.05, 0.1) is 29.3 Å². The largest absolute Gasteiger partial charge is 0.386 e. The molecule has 0 heterocycles. The highest BCUT2D eigenvalue weighted by molar-refractivity contribution is 6.00. The Bertz CT molecular complexity index is 4370. The number of anilines is 1. The van der Waals surface area contributed by atoms with Crippen molar-refractivity contribution in [1.82, 2.24) is 101 Å². The molecule has 4 aromatic rings. The Morgan fingerprint density at radius 3 is 0.848 bits per heavy atom. The number of rotatable bonds is 51. The average Bonchev–Trinajstić information content (AvgIpc) is 0.839. The summed E-state index contributed by atoms with van der Waals surface area (Å²) in [5.74, 6) is -5.55. The molecule has 40 nitrogen and oxygen atoms in total.